The molecule has 290 valence electrons. The van der Waals surface area contributed by atoms with Crippen molar-refractivity contribution in [3.05, 3.63) is 0 Å². The monoisotopic (exact) mass is 702 g/mol. The summed E-state index contributed by atoms with van der Waals surface area (Å²) in [5.74, 6) is -0.761. The molecule has 6 unspecified atom stereocenters. The number of carbonyl (C=O) groups excluding carboxylic acids is 2. The van der Waals surface area contributed by atoms with Crippen LogP contribution < -0.4 is 5.73 Å². The number of aliphatic hydroxyl groups is 3. The molecule has 0 spiro atoms. The van der Waals surface area contributed by atoms with E-state index in [0.717, 1.165) is 38.5 Å². The van der Waals surface area contributed by atoms with E-state index in [1.54, 1.807) is 0 Å². The largest absolute Gasteiger partial charge is 0.462 e. The van der Waals surface area contributed by atoms with Gasteiger partial charge in [-0.15, -0.1) is 0 Å². The minimum atomic E-state index is -1.52. The Morgan fingerprint density at radius 3 is 1.41 bits per heavy atom. The topological polar surface area (TPSA) is 158 Å². The molecular weight excluding hydrogens is 626 g/mol. The van der Waals surface area contributed by atoms with Crippen molar-refractivity contribution >= 4 is 11.9 Å². The molecular formula is C39H75NO9. The first-order valence-corrected chi connectivity index (χ1v) is 20.2. The summed E-state index contributed by atoms with van der Waals surface area (Å²) in [5, 5.41) is 30.6. The second kappa shape index (κ2) is 31.4. The summed E-state index contributed by atoms with van der Waals surface area (Å²) in [6.07, 6.45) is 21.9. The molecule has 0 saturated carbocycles. The Balaban J connectivity index is 2.38. The zero-order chi connectivity index (χ0) is 36.0. The Bertz CT molecular complexity index is 784. The maximum absolute atomic E-state index is 12.7. The Labute approximate surface area is 298 Å². The molecule has 10 nitrogen and oxygen atoms in total. The number of hydrogen-bond donors (Lipinski definition) is 4. The van der Waals surface area contributed by atoms with Gasteiger partial charge in [0, 0.05) is 19.4 Å². The molecule has 5 N–H and O–H groups in total. The van der Waals surface area contributed by atoms with Crippen LogP contribution in [0.1, 0.15) is 181 Å². The Morgan fingerprint density at radius 1 is 0.571 bits per heavy atom. The normalized spacial score (nSPS) is 21.5. The standard InChI is InChI=1S/C39H75NO9/c1-3-5-7-9-11-13-15-17-19-21-23-25-27-34(41)46-30-32(31-47-39-38(45)37(44)36(43)33(29-40)49-39)48-35(42)28-26-24-22-20-18-16-14-12-10-8-6-4-2/h32-33,36-39,43-45H,3-31,40H2,1-2H3. The molecule has 1 heterocycles. The molecule has 1 aliphatic heterocycles. The molecule has 6 atom stereocenters. The first-order valence-electron chi connectivity index (χ1n) is 20.2. The molecule has 1 aliphatic rings. The average molecular weight is 702 g/mol. The maximum atomic E-state index is 12.7. The smallest absolute Gasteiger partial charge is 0.306 e. The van der Waals surface area contributed by atoms with Gasteiger partial charge in [0.25, 0.3) is 0 Å². The van der Waals surface area contributed by atoms with Crippen molar-refractivity contribution in [1.29, 1.82) is 0 Å². The lowest BCUT2D eigenvalue weighted by Crippen LogP contribution is -2.60. The van der Waals surface area contributed by atoms with E-state index in [-0.39, 0.29) is 32.1 Å². The summed E-state index contributed by atoms with van der Waals surface area (Å²) in [7, 11) is 0. The fraction of sp³-hybridized carbons (Fsp3) is 0.949. The molecule has 0 aliphatic carbocycles. The van der Waals surface area contributed by atoms with Crippen LogP contribution in [-0.2, 0) is 28.5 Å². The van der Waals surface area contributed by atoms with Crippen LogP contribution in [0, 0.1) is 0 Å². The number of ether oxygens (including phenoxy) is 4. The van der Waals surface area contributed by atoms with Gasteiger partial charge >= 0.3 is 11.9 Å². The number of hydrogen-bond acceptors (Lipinski definition) is 10. The van der Waals surface area contributed by atoms with Crippen LogP contribution >= 0.6 is 0 Å². The van der Waals surface area contributed by atoms with Gasteiger partial charge in [0.1, 0.15) is 31.0 Å². The third-order valence-electron chi connectivity index (χ3n) is 9.54. The molecule has 1 rings (SSSR count). The number of esters is 2. The van der Waals surface area contributed by atoms with Gasteiger partial charge in [-0.1, -0.05) is 155 Å². The summed E-state index contributed by atoms with van der Waals surface area (Å²) in [4.78, 5) is 25.2. The fourth-order valence-electron chi connectivity index (χ4n) is 6.29. The van der Waals surface area contributed by atoms with Crippen LogP contribution in [0.2, 0.25) is 0 Å². The van der Waals surface area contributed by atoms with Crippen LogP contribution in [0.3, 0.4) is 0 Å². The van der Waals surface area contributed by atoms with Crippen LogP contribution in [0.4, 0.5) is 0 Å². The predicted molar refractivity (Wildman–Crippen MR) is 194 cm³/mol. The summed E-state index contributed by atoms with van der Waals surface area (Å²) >= 11 is 0. The summed E-state index contributed by atoms with van der Waals surface area (Å²) in [5.41, 5.74) is 5.63. The highest BCUT2D eigenvalue weighted by atomic mass is 16.7. The van der Waals surface area contributed by atoms with Crippen LogP contribution in [0.5, 0.6) is 0 Å². The fourth-order valence-corrected chi connectivity index (χ4v) is 6.29. The molecule has 0 aromatic rings. The zero-order valence-corrected chi connectivity index (χ0v) is 31.3. The molecule has 0 aromatic carbocycles. The lowest BCUT2D eigenvalue weighted by atomic mass is 9.99. The number of carbonyl (C=O) groups is 2. The Kier molecular flexibility index (Phi) is 29.3. The quantitative estimate of drug-likeness (QED) is 0.0401. The van der Waals surface area contributed by atoms with E-state index in [2.05, 4.69) is 13.8 Å². The molecule has 0 bridgehead atoms. The van der Waals surface area contributed by atoms with E-state index in [1.807, 2.05) is 0 Å². The number of nitrogens with two attached hydrogens (primary N) is 1. The van der Waals surface area contributed by atoms with E-state index in [4.69, 9.17) is 24.7 Å². The summed E-state index contributed by atoms with van der Waals surface area (Å²) in [6.45, 7) is 3.99. The highest BCUT2D eigenvalue weighted by molar-refractivity contribution is 5.70. The van der Waals surface area contributed by atoms with Crippen molar-refractivity contribution in [3.8, 4) is 0 Å². The van der Waals surface area contributed by atoms with E-state index >= 15 is 0 Å². The number of rotatable bonds is 33. The minimum Gasteiger partial charge on any atom is -0.462 e. The van der Waals surface area contributed by atoms with Crippen LogP contribution in [0.15, 0.2) is 0 Å². The van der Waals surface area contributed by atoms with Crippen molar-refractivity contribution in [2.75, 3.05) is 19.8 Å². The maximum Gasteiger partial charge on any atom is 0.306 e. The van der Waals surface area contributed by atoms with E-state index in [9.17, 15) is 24.9 Å². The molecule has 0 amide bonds. The SMILES string of the molecule is CCCCCCCCCCCCCCC(=O)OCC(COC1OC(CN)C(O)C(O)C1O)OC(=O)CCCCCCCCCCCCCC. The van der Waals surface area contributed by atoms with Gasteiger partial charge in [-0.3, -0.25) is 9.59 Å². The minimum absolute atomic E-state index is 0.0843. The average Bonchev–Trinajstić information content (AvgIpc) is 3.10. The predicted octanol–water partition coefficient (Wildman–Crippen LogP) is 7.41. The van der Waals surface area contributed by atoms with E-state index in [0.29, 0.717) is 6.42 Å². The van der Waals surface area contributed by atoms with Gasteiger partial charge in [0.2, 0.25) is 0 Å². The van der Waals surface area contributed by atoms with E-state index < -0.39 is 42.8 Å². The Hall–Kier alpha value is -1.30. The first kappa shape index (κ1) is 45.7. The first-order chi connectivity index (χ1) is 23.8. The van der Waals surface area contributed by atoms with Gasteiger partial charge in [0.05, 0.1) is 6.61 Å². The number of aliphatic hydroxyl groups excluding tert-OH is 3. The number of unbranched alkanes of at least 4 members (excludes halogenated alkanes) is 22. The lowest BCUT2D eigenvalue weighted by Gasteiger charge is -2.40. The molecule has 49 heavy (non-hydrogen) atoms. The van der Waals surface area contributed by atoms with Crippen molar-refractivity contribution in [1.82, 2.24) is 0 Å². The second-order valence-electron chi connectivity index (χ2n) is 14.2. The van der Waals surface area contributed by atoms with Crippen molar-refractivity contribution in [3.63, 3.8) is 0 Å². The van der Waals surface area contributed by atoms with Crippen LogP contribution in [-0.4, -0.2) is 83.8 Å². The van der Waals surface area contributed by atoms with Crippen molar-refractivity contribution < 1.29 is 43.9 Å². The second-order valence-corrected chi connectivity index (χ2v) is 14.2. The van der Waals surface area contributed by atoms with E-state index in [1.165, 1.54) is 116 Å². The van der Waals surface area contributed by atoms with Crippen molar-refractivity contribution in [2.45, 2.75) is 218 Å². The molecule has 10 heteroatoms. The Morgan fingerprint density at radius 2 is 0.980 bits per heavy atom. The zero-order valence-electron chi connectivity index (χ0n) is 31.3. The van der Waals surface area contributed by atoms with Crippen molar-refractivity contribution in [2.24, 2.45) is 5.73 Å². The lowest BCUT2D eigenvalue weighted by molar-refractivity contribution is -0.299. The highest BCUT2D eigenvalue weighted by Gasteiger charge is 2.44. The van der Waals surface area contributed by atoms with Gasteiger partial charge in [-0.2, -0.15) is 0 Å². The summed E-state index contributed by atoms with van der Waals surface area (Å²) in [6, 6.07) is 0. The highest BCUT2D eigenvalue weighted by Crippen LogP contribution is 2.22. The third kappa shape index (κ3) is 23.7. The van der Waals surface area contributed by atoms with Gasteiger partial charge in [-0.05, 0) is 12.8 Å². The molecule has 0 aromatic heterocycles. The third-order valence-corrected chi connectivity index (χ3v) is 9.54. The molecule has 0 radical (unpaired) electrons. The van der Waals surface area contributed by atoms with Gasteiger partial charge in [0.15, 0.2) is 12.4 Å². The van der Waals surface area contributed by atoms with Gasteiger partial charge < -0.3 is 40.0 Å². The van der Waals surface area contributed by atoms with Crippen LogP contribution in [0.25, 0.3) is 0 Å². The molecule has 1 fully saturated rings. The van der Waals surface area contributed by atoms with Gasteiger partial charge in [-0.25, -0.2) is 0 Å². The molecule has 1 saturated heterocycles. The summed E-state index contributed by atoms with van der Waals surface area (Å²) < 4.78 is 22.3.